The SMILES string of the molecule is O.O=C(O)CCC/C=C\C[C@@H]1[C@@H](/C=C/[C@@H](O)COc2cccc(Cl)c2)[C@H](O)C[C@@H]1O. The molecule has 1 aliphatic rings. The fourth-order valence-electron chi connectivity index (χ4n) is 3.50. The Morgan fingerprint density at radius 1 is 1.27 bits per heavy atom. The van der Waals surface area contributed by atoms with Crippen LogP contribution in [0.5, 0.6) is 5.75 Å². The second-order valence-electron chi connectivity index (χ2n) is 7.33. The van der Waals surface area contributed by atoms with E-state index in [0.717, 1.165) is 0 Å². The van der Waals surface area contributed by atoms with Gasteiger partial charge in [-0.05, 0) is 43.4 Å². The fraction of sp³-hybridized carbons (Fsp3) is 0.500. The van der Waals surface area contributed by atoms with E-state index >= 15 is 0 Å². The summed E-state index contributed by atoms with van der Waals surface area (Å²) in [6, 6.07) is 6.90. The number of aliphatic hydroxyl groups is 3. The van der Waals surface area contributed by atoms with Gasteiger partial charge in [0.15, 0.2) is 0 Å². The minimum atomic E-state index is -0.855. The van der Waals surface area contributed by atoms with Gasteiger partial charge in [-0.1, -0.05) is 42.0 Å². The van der Waals surface area contributed by atoms with Crippen LogP contribution in [0.15, 0.2) is 48.6 Å². The summed E-state index contributed by atoms with van der Waals surface area (Å²) in [6.45, 7) is 0.0519. The van der Waals surface area contributed by atoms with Crippen molar-refractivity contribution in [3.8, 4) is 5.75 Å². The molecule has 0 aliphatic heterocycles. The number of halogens is 1. The average Bonchev–Trinajstić information content (AvgIpc) is 2.93. The van der Waals surface area contributed by atoms with Crippen LogP contribution >= 0.6 is 11.6 Å². The number of carboxylic acids is 1. The number of allylic oxidation sites excluding steroid dienone is 2. The summed E-state index contributed by atoms with van der Waals surface area (Å²) >= 11 is 5.90. The first-order valence-corrected chi connectivity index (χ1v) is 10.2. The van der Waals surface area contributed by atoms with Crippen molar-refractivity contribution in [2.24, 2.45) is 11.8 Å². The van der Waals surface area contributed by atoms with E-state index in [4.69, 9.17) is 21.4 Å². The van der Waals surface area contributed by atoms with Crippen molar-refractivity contribution in [1.82, 2.24) is 0 Å². The predicted octanol–water partition coefficient (Wildman–Crippen LogP) is 2.37. The predicted molar refractivity (Wildman–Crippen MR) is 115 cm³/mol. The Hall–Kier alpha value is -1.90. The van der Waals surface area contributed by atoms with Crippen LogP contribution in [0.3, 0.4) is 0 Å². The van der Waals surface area contributed by atoms with E-state index < -0.39 is 24.3 Å². The van der Waals surface area contributed by atoms with Crippen LogP contribution in [0, 0.1) is 11.8 Å². The van der Waals surface area contributed by atoms with E-state index in [2.05, 4.69) is 0 Å². The van der Waals surface area contributed by atoms with Crippen molar-refractivity contribution >= 4 is 17.6 Å². The van der Waals surface area contributed by atoms with Gasteiger partial charge in [-0.25, -0.2) is 0 Å². The van der Waals surface area contributed by atoms with Gasteiger partial charge in [0.1, 0.15) is 18.5 Å². The minimum Gasteiger partial charge on any atom is -0.491 e. The van der Waals surface area contributed by atoms with Gasteiger partial charge in [0.05, 0.1) is 12.2 Å². The van der Waals surface area contributed by atoms with E-state index in [1.807, 2.05) is 12.2 Å². The molecule has 0 aromatic heterocycles. The maximum Gasteiger partial charge on any atom is 0.303 e. The molecule has 168 valence electrons. The van der Waals surface area contributed by atoms with Gasteiger partial charge >= 0.3 is 5.97 Å². The number of rotatable bonds is 11. The van der Waals surface area contributed by atoms with Crippen molar-refractivity contribution < 1.29 is 35.4 Å². The van der Waals surface area contributed by atoms with Gasteiger partial charge in [-0.15, -0.1) is 0 Å². The van der Waals surface area contributed by atoms with Crippen LogP contribution in [-0.4, -0.2) is 56.8 Å². The molecule has 1 aromatic carbocycles. The van der Waals surface area contributed by atoms with E-state index in [0.29, 0.717) is 36.5 Å². The molecule has 0 saturated heterocycles. The summed E-state index contributed by atoms with van der Waals surface area (Å²) in [5.41, 5.74) is 0. The molecule has 0 amide bonds. The molecule has 8 heteroatoms. The third-order valence-corrected chi connectivity index (χ3v) is 5.26. The van der Waals surface area contributed by atoms with Crippen molar-refractivity contribution in [2.75, 3.05) is 6.61 Å². The van der Waals surface area contributed by atoms with Crippen LogP contribution in [0.2, 0.25) is 5.02 Å². The summed E-state index contributed by atoms with van der Waals surface area (Å²) in [4.78, 5) is 10.5. The van der Waals surface area contributed by atoms with E-state index in [1.165, 1.54) is 0 Å². The molecule has 6 N–H and O–H groups in total. The molecular formula is C22H31ClO7. The van der Waals surface area contributed by atoms with Crippen molar-refractivity contribution in [1.29, 1.82) is 0 Å². The highest BCUT2D eigenvalue weighted by atomic mass is 35.5. The lowest BCUT2D eigenvalue weighted by Gasteiger charge is -2.19. The van der Waals surface area contributed by atoms with Crippen LogP contribution in [0.4, 0.5) is 0 Å². The third kappa shape index (κ3) is 8.85. The average molecular weight is 443 g/mol. The van der Waals surface area contributed by atoms with E-state index in [9.17, 15) is 20.1 Å². The van der Waals surface area contributed by atoms with Gasteiger partial charge in [0, 0.05) is 23.8 Å². The maximum atomic E-state index is 10.5. The summed E-state index contributed by atoms with van der Waals surface area (Å²) in [7, 11) is 0. The number of carboxylic acid groups (broad SMARTS) is 1. The van der Waals surface area contributed by atoms with Gasteiger partial charge in [0.25, 0.3) is 0 Å². The lowest BCUT2D eigenvalue weighted by Crippen LogP contribution is -2.21. The van der Waals surface area contributed by atoms with Crippen LogP contribution < -0.4 is 4.74 Å². The van der Waals surface area contributed by atoms with Gasteiger partial charge < -0.3 is 30.6 Å². The molecule has 2 rings (SSSR count). The fourth-order valence-corrected chi connectivity index (χ4v) is 3.68. The van der Waals surface area contributed by atoms with Gasteiger partial charge in [0.2, 0.25) is 0 Å². The Morgan fingerprint density at radius 2 is 2.03 bits per heavy atom. The highest BCUT2D eigenvalue weighted by Crippen LogP contribution is 2.36. The number of hydrogen-bond donors (Lipinski definition) is 4. The Kier molecular flexibility index (Phi) is 11.7. The molecular weight excluding hydrogens is 412 g/mol. The summed E-state index contributed by atoms with van der Waals surface area (Å²) in [5, 5.41) is 39.8. The van der Waals surface area contributed by atoms with Crippen molar-refractivity contribution in [3.63, 3.8) is 0 Å². The highest BCUT2D eigenvalue weighted by Gasteiger charge is 2.39. The number of unbranched alkanes of at least 4 members (excludes halogenated alkanes) is 1. The largest absolute Gasteiger partial charge is 0.491 e. The Labute approximate surface area is 181 Å². The quantitative estimate of drug-likeness (QED) is 0.306. The van der Waals surface area contributed by atoms with Crippen molar-refractivity contribution in [3.05, 3.63) is 53.6 Å². The Morgan fingerprint density at radius 3 is 2.73 bits per heavy atom. The zero-order valence-electron chi connectivity index (χ0n) is 16.7. The number of hydrogen-bond acceptors (Lipinski definition) is 5. The standard InChI is InChI=1S/C22H29ClO6.H2O/c23-15-6-5-7-17(12-15)29-14-16(24)10-11-19-18(20(25)13-21(19)26)8-3-1-2-4-9-22(27)28;/h1,3,5-7,10-12,16,18-21,24-26H,2,4,8-9,13-14H2,(H,27,28);1H2/b3-1-,11-10+;/t16-,18-,19-,20+,21-;/m1./s1. The lowest BCUT2D eigenvalue weighted by molar-refractivity contribution is -0.137. The van der Waals surface area contributed by atoms with Gasteiger partial charge in [-0.2, -0.15) is 0 Å². The topological polar surface area (TPSA) is 139 Å². The molecule has 0 bridgehead atoms. The second-order valence-corrected chi connectivity index (χ2v) is 7.76. The lowest BCUT2D eigenvalue weighted by atomic mass is 9.89. The molecule has 1 saturated carbocycles. The minimum absolute atomic E-state index is 0. The van der Waals surface area contributed by atoms with Crippen LogP contribution in [0.25, 0.3) is 0 Å². The molecule has 7 nitrogen and oxygen atoms in total. The zero-order valence-corrected chi connectivity index (χ0v) is 17.5. The number of carbonyl (C=O) groups is 1. The normalized spacial score (nSPS) is 24.8. The number of ether oxygens (including phenoxy) is 1. The number of aliphatic carboxylic acids is 1. The molecule has 5 atom stereocenters. The molecule has 30 heavy (non-hydrogen) atoms. The Bertz CT molecular complexity index is 706. The number of aliphatic hydroxyl groups excluding tert-OH is 3. The summed E-state index contributed by atoms with van der Waals surface area (Å²) < 4.78 is 5.51. The molecule has 1 fully saturated rings. The first kappa shape index (κ1) is 26.1. The monoisotopic (exact) mass is 442 g/mol. The first-order valence-electron chi connectivity index (χ1n) is 9.84. The number of benzene rings is 1. The first-order chi connectivity index (χ1) is 13.9. The molecule has 1 aromatic rings. The molecule has 0 unspecified atom stereocenters. The van der Waals surface area contributed by atoms with E-state index in [-0.39, 0.29) is 30.3 Å². The summed E-state index contributed by atoms with van der Waals surface area (Å²) in [6.07, 6.45) is 7.26. The van der Waals surface area contributed by atoms with E-state index in [1.54, 1.807) is 36.4 Å². The highest BCUT2D eigenvalue weighted by molar-refractivity contribution is 6.30. The van der Waals surface area contributed by atoms with Gasteiger partial charge in [-0.3, -0.25) is 4.79 Å². The third-order valence-electron chi connectivity index (χ3n) is 5.02. The molecule has 1 aliphatic carbocycles. The van der Waals surface area contributed by atoms with Crippen LogP contribution in [0.1, 0.15) is 32.1 Å². The molecule has 0 radical (unpaired) electrons. The Balaban J connectivity index is 0.00000450. The smallest absolute Gasteiger partial charge is 0.303 e. The molecule has 0 spiro atoms. The van der Waals surface area contributed by atoms with Crippen molar-refractivity contribution in [2.45, 2.75) is 50.4 Å². The van der Waals surface area contributed by atoms with Crippen LogP contribution in [-0.2, 0) is 4.79 Å². The maximum absolute atomic E-state index is 10.5. The second kappa shape index (κ2) is 13.4. The zero-order chi connectivity index (χ0) is 21.2. The molecule has 0 heterocycles. The summed E-state index contributed by atoms with van der Waals surface area (Å²) in [5.74, 6) is -0.671.